The first-order valence-electron chi connectivity index (χ1n) is 3.71. The topological polar surface area (TPSA) is 22.1 Å². The molecule has 2 aromatic rings. The van der Waals surface area contributed by atoms with Crippen LogP contribution in [-0.2, 0) is 0 Å². The van der Waals surface area contributed by atoms with Crippen molar-refractivity contribution in [2.24, 2.45) is 0 Å². The molecule has 0 bridgehead atoms. The first kappa shape index (κ1) is 7.55. The number of hydrogen-bond donors (Lipinski definition) is 0. The molecule has 3 heteroatoms. The quantitative estimate of drug-likeness (QED) is 0.671. The number of aromatic nitrogens is 1. The van der Waals surface area contributed by atoms with Crippen LogP contribution in [0.15, 0.2) is 18.2 Å². The average Bonchev–Trinajstić information content (AvgIpc) is 2.44. The molecular weight excluding hydrogens is 170 g/mol. The number of ether oxygens (including phenoxy) is 1. The third kappa shape index (κ3) is 1.06. The zero-order chi connectivity index (χ0) is 8.55. The van der Waals surface area contributed by atoms with Crippen molar-refractivity contribution in [1.29, 1.82) is 0 Å². The van der Waals surface area contributed by atoms with E-state index in [1.54, 1.807) is 18.4 Å². The van der Waals surface area contributed by atoms with Crippen molar-refractivity contribution in [2.45, 2.75) is 6.92 Å². The van der Waals surface area contributed by atoms with E-state index in [9.17, 15) is 0 Å². The molecule has 2 nitrogen and oxygen atoms in total. The molecule has 1 aromatic carbocycles. The van der Waals surface area contributed by atoms with Gasteiger partial charge >= 0.3 is 0 Å². The molecule has 0 radical (unpaired) electrons. The van der Waals surface area contributed by atoms with Crippen LogP contribution in [0.5, 0.6) is 5.75 Å². The number of benzene rings is 1. The van der Waals surface area contributed by atoms with E-state index in [0.717, 1.165) is 16.3 Å². The largest absolute Gasteiger partial charge is 0.494 e. The second-order valence-corrected chi connectivity index (χ2v) is 3.77. The van der Waals surface area contributed by atoms with E-state index in [-0.39, 0.29) is 0 Å². The van der Waals surface area contributed by atoms with Crippen LogP contribution in [-0.4, -0.2) is 12.1 Å². The fraction of sp³-hybridized carbons (Fsp3) is 0.222. The second-order valence-electron chi connectivity index (χ2n) is 2.54. The Labute approximate surface area is 74.8 Å². The van der Waals surface area contributed by atoms with Crippen LogP contribution in [0.4, 0.5) is 0 Å². The van der Waals surface area contributed by atoms with E-state index in [1.165, 1.54) is 4.70 Å². The number of rotatable bonds is 1. The monoisotopic (exact) mass is 179 g/mol. The molecule has 0 saturated heterocycles. The summed E-state index contributed by atoms with van der Waals surface area (Å²) in [6, 6.07) is 5.98. The molecule has 1 heterocycles. The molecule has 0 aliphatic carbocycles. The summed E-state index contributed by atoms with van der Waals surface area (Å²) < 4.78 is 6.37. The normalized spacial score (nSPS) is 10.5. The van der Waals surface area contributed by atoms with Crippen LogP contribution in [0.3, 0.4) is 0 Å². The van der Waals surface area contributed by atoms with Gasteiger partial charge in [0.25, 0.3) is 0 Å². The number of fused-ring (bicyclic) bond motifs is 1. The molecule has 0 atom stereocenters. The Hall–Kier alpha value is -1.09. The minimum Gasteiger partial charge on any atom is -0.494 e. The molecule has 0 aliphatic heterocycles. The van der Waals surface area contributed by atoms with E-state index >= 15 is 0 Å². The Balaban J connectivity index is 2.78. The van der Waals surface area contributed by atoms with Crippen molar-refractivity contribution in [3.05, 3.63) is 23.2 Å². The van der Waals surface area contributed by atoms with Crippen LogP contribution in [0.2, 0.25) is 0 Å². The van der Waals surface area contributed by atoms with Crippen molar-refractivity contribution in [3.63, 3.8) is 0 Å². The van der Waals surface area contributed by atoms with Crippen LogP contribution >= 0.6 is 11.3 Å². The van der Waals surface area contributed by atoms with Crippen molar-refractivity contribution in [3.8, 4) is 5.75 Å². The Morgan fingerprint density at radius 3 is 3.00 bits per heavy atom. The molecule has 0 aliphatic rings. The Morgan fingerprint density at radius 1 is 1.42 bits per heavy atom. The van der Waals surface area contributed by atoms with Gasteiger partial charge in [-0.15, -0.1) is 11.3 Å². The van der Waals surface area contributed by atoms with Gasteiger partial charge in [0.1, 0.15) is 11.3 Å². The first-order valence-corrected chi connectivity index (χ1v) is 4.53. The molecular formula is C9H9NOS. The van der Waals surface area contributed by atoms with Gasteiger partial charge in [-0.25, -0.2) is 4.98 Å². The summed E-state index contributed by atoms with van der Waals surface area (Å²) in [5.41, 5.74) is 0.975. The summed E-state index contributed by atoms with van der Waals surface area (Å²) in [4.78, 5) is 4.38. The summed E-state index contributed by atoms with van der Waals surface area (Å²) in [5.74, 6) is 0.858. The average molecular weight is 179 g/mol. The van der Waals surface area contributed by atoms with Gasteiger partial charge in [-0.05, 0) is 19.1 Å². The standard InChI is InChI=1S/C9H9NOS/c1-6-10-9-7(11-2)4-3-5-8(9)12-6/h3-5H,1-2H3. The highest BCUT2D eigenvalue weighted by atomic mass is 32.1. The molecule has 0 unspecified atom stereocenters. The maximum Gasteiger partial charge on any atom is 0.145 e. The zero-order valence-electron chi connectivity index (χ0n) is 7.00. The Bertz CT molecular complexity index is 408. The summed E-state index contributed by atoms with van der Waals surface area (Å²) >= 11 is 1.69. The molecule has 62 valence electrons. The number of aryl methyl sites for hydroxylation is 1. The van der Waals surface area contributed by atoms with Gasteiger partial charge in [-0.3, -0.25) is 0 Å². The molecule has 0 N–H and O–H groups in total. The lowest BCUT2D eigenvalue weighted by Crippen LogP contribution is -1.83. The van der Waals surface area contributed by atoms with Crippen molar-refractivity contribution in [1.82, 2.24) is 4.98 Å². The minimum absolute atomic E-state index is 0.858. The summed E-state index contributed by atoms with van der Waals surface area (Å²) in [5, 5.41) is 1.08. The van der Waals surface area contributed by atoms with Gasteiger partial charge < -0.3 is 4.74 Å². The van der Waals surface area contributed by atoms with Crippen molar-refractivity contribution < 1.29 is 4.74 Å². The lowest BCUT2D eigenvalue weighted by molar-refractivity contribution is 0.419. The van der Waals surface area contributed by atoms with E-state index in [0.29, 0.717) is 0 Å². The number of nitrogens with zero attached hydrogens (tertiary/aromatic N) is 1. The second kappa shape index (κ2) is 2.75. The summed E-state index contributed by atoms with van der Waals surface area (Å²) in [6.07, 6.45) is 0. The fourth-order valence-corrected chi connectivity index (χ4v) is 2.04. The number of thiazole rings is 1. The van der Waals surface area contributed by atoms with Gasteiger partial charge in [0.15, 0.2) is 0 Å². The predicted molar refractivity (Wildman–Crippen MR) is 50.9 cm³/mol. The third-order valence-electron chi connectivity index (χ3n) is 1.71. The highest BCUT2D eigenvalue weighted by Gasteiger charge is 2.04. The molecule has 0 amide bonds. The molecule has 1 aromatic heterocycles. The molecule has 12 heavy (non-hydrogen) atoms. The van der Waals surface area contributed by atoms with Crippen molar-refractivity contribution in [2.75, 3.05) is 7.11 Å². The highest BCUT2D eigenvalue weighted by Crippen LogP contribution is 2.28. The van der Waals surface area contributed by atoms with Gasteiger partial charge in [0.05, 0.1) is 16.8 Å². The minimum atomic E-state index is 0.858. The summed E-state index contributed by atoms with van der Waals surface area (Å²) in [6.45, 7) is 2.00. The molecule has 0 saturated carbocycles. The van der Waals surface area contributed by atoms with Crippen LogP contribution in [0.1, 0.15) is 5.01 Å². The lowest BCUT2D eigenvalue weighted by atomic mass is 10.3. The van der Waals surface area contributed by atoms with E-state index in [1.807, 2.05) is 19.1 Å². The Morgan fingerprint density at radius 2 is 2.25 bits per heavy atom. The van der Waals surface area contributed by atoms with E-state index in [4.69, 9.17) is 4.74 Å². The van der Waals surface area contributed by atoms with Crippen LogP contribution in [0, 0.1) is 6.92 Å². The van der Waals surface area contributed by atoms with E-state index < -0.39 is 0 Å². The third-order valence-corrected chi connectivity index (χ3v) is 2.64. The SMILES string of the molecule is COc1cccc2sc(C)nc12. The smallest absolute Gasteiger partial charge is 0.145 e. The molecule has 2 rings (SSSR count). The van der Waals surface area contributed by atoms with E-state index in [2.05, 4.69) is 11.1 Å². The maximum atomic E-state index is 5.18. The predicted octanol–water partition coefficient (Wildman–Crippen LogP) is 2.61. The van der Waals surface area contributed by atoms with Gasteiger partial charge in [-0.1, -0.05) is 6.07 Å². The van der Waals surface area contributed by atoms with Gasteiger partial charge in [0.2, 0.25) is 0 Å². The lowest BCUT2D eigenvalue weighted by Gasteiger charge is -1.97. The maximum absolute atomic E-state index is 5.18. The first-order chi connectivity index (χ1) is 5.81. The fourth-order valence-electron chi connectivity index (χ4n) is 1.20. The molecule has 0 fully saturated rings. The van der Waals surface area contributed by atoms with Gasteiger partial charge in [0, 0.05) is 0 Å². The highest BCUT2D eigenvalue weighted by molar-refractivity contribution is 7.18. The Kier molecular flexibility index (Phi) is 1.73. The molecule has 0 spiro atoms. The number of methoxy groups -OCH3 is 1. The number of hydrogen-bond acceptors (Lipinski definition) is 3. The summed E-state index contributed by atoms with van der Waals surface area (Å²) in [7, 11) is 1.67. The van der Waals surface area contributed by atoms with Crippen LogP contribution in [0.25, 0.3) is 10.2 Å². The number of para-hydroxylation sites is 1. The van der Waals surface area contributed by atoms with Gasteiger partial charge in [-0.2, -0.15) is 0 Å². The van der Waals surface area contributed by atoms with Crippen molar-refractivity contribution >= 4 is 21.6 Å². The zero-order valence-corrected chi connectivity index (χ0v) is 7.81. The van der Waals surface area contributed by atoms with Crippen LogP contribution < -0.4 is 4.74 Å².